The van der Waals surface area contributed by atoms with Crippen molar-refractivity contribution in [1.82, 2.24) is 0 Å². The lowest BCUT2D eigenvalue weighted by atomic mass is 9.97. The van der Waals surface area contributed by atoms with Crippen molar-refractivity contribution in [3.63, 3.8) is 0 Å². The van der Waals surface area contributed by atoms with Gasteiger partial charge in [0.05, 0.1) is 8.81 Å². The fourth-order valence-corrected chi connectivity index (χ4v) is 3.64. The minimum absolute atomic E-state index is 0.606. The molecule has 0 saturated heterocycles. The molecule has 1 heterocycles. The Balaban J connectivity index is 2.47. The van der Waals surface area contributed by atoms with Gasteiger partial charge in [0, 0.05) is 4.88 Å². The van der Waals surface area contributed by atoms with Gasteiger partial charge in [-0.2, -0.15) is 0 Å². The Bertz CT molecular complexity index is 511. The number of aryl methyl sites for hydroxylation is 2. The van der Waals surface area contributed by atoms with Crippen molar-refractivity contribution in [3.05, 3.63) is 54.6 Å². The Kier molecular flexibility index (Phi) is 3.93. The van der Waals surface area contributed by atoms with E-state index in [-0.39, 0.29) is 0 Å². The molecule has 0 aliphatic heterocycles. The maximum absolute atomic E-state index is 10.4. The van der Waals surface area contributed by atoms with Gasteiger partial charge in [-0.1, -0.05) is 29.8 Å². The molecule has 1 atom stereocenters. The number of halogens is 2. The summed E-state index contributed by atoms with van der Waals surface area (Å²) in [6.45, 7) is 4.02. The van der Waals surface area contributed by atoms with Crippen molar-refractivity contribution in [3.8, 4) is 0 Å². The second-order valence-corrected chi connectivity index (χ2v) is 6.79. The van der Waals surface area contributed by atoms with Gasteiger partial charge in [0.15, 0.2) is 0 Å². The van der Waals surface area contributed by atoms with Crippen LogP contribution in [0.5, 0.6) is 0 Å². The quantitative estimate of drug-likeness (QED) is 0.833. The summed E-state index contributed by atoms with van der Waals surface area (Å²) in [6, 6.07) is 7.83. The molecule has 4 heteroatoms. The summed E-state index contributed by atoms with van der Waals surface area (Å²) in [5, 5.41) is 11.1. The van der Waals surface area contributed by atoms with Crippen molar-refractivity contribution in [2.24, 2.45) is 0 Å². The molecule has 0 fully saturated rings. The van der Waals surface area contributed by atoms with Crippen molar-refractivity contribution >= 4 is 38.9 Å². The molecule has 0 spiro atoms. The van der Waals surface area contributed by atoms with Crippen LogP contribution < -0.4 is 0 Å². The summed E-state index contributed by atoms with van der Waals surface area (Å²) in [4.78, 5) is 0.860. The highest BCUT2D eigenvalue weighted by Crippen LogP contribution is 2.38. The highest BCUT2D eigenvalue weighted by molar-refractivity contribution is 9.11. The third-order valence-electron chi connectivity index (χ3n) is 2.75. The summed E-state index contributed by atoms with van der Waals surface area (Å²) in [5.41, 5.74) is 3.16. The van der Waals surface area contributed by atoms with Gasteiger partial charge in [0.1, 0.15) is 6.10 Å². The number of hydrogen-bond donors (Lipinski definition) is 1. The molecule has 0 saturated carbocycles. The zero-order chi connectivity index (χ0) is 12.6. The predicted molar refractivity (Wildman–Crippen MR) is 77.0 cm³/mol. The number of aliphatic hydroxyl groups excluding tert-OH is 1. The van der Waals surface area contributed by atoms with Crippen molar-refractivity contribution in [2.75, 3.05) is 0 Å². The van der Waals surface area contributed by atoms with E-state index >= 15 is 0 Å². The first-order chi connectivity index (χ1) is 8.00. The summed E-state index contributed by atoms with van der Waals surface area (Å²) in [7, 11) is 0. The van der Waals surface area contributed by atoms with Crippen LogP contribution in [0.1, 0.15) is 27.7 Å². The molecule has 17 heavy (non-hydrogen) atoms. The molecule has 0 aliphatic rings. The van der Waals surface area contributed by atoms with Gasteiger partial charge in [0.25, 0.3) is 0 Å². The zero-order valence-electron chi connectivity index (χ0n) is 9.50. The third-order valence-corrected chi connectivity index (χ3v) is 5.28. The molecule has 1 unspecified atom stereocenters. The van der Waals surface area contributed by atoms with Crippen LogP contribution in [0.25, 0.3) is 0 Å². The fourth-order valence-electron chi connectivity index (χ4n) is 1.90. The zero-order valence-corrected chi connectivity index (χ0v) is 12.7. The van der Waals surface area contributed by atoms with E-state index in [1.165, 1.54) is 11.3 Å². The van der Waals surface area contributed by atoms with E-state index in [1.807, 2.05) is 38.1 Å². The lowest BCUT2D eigenvalue weighted by Crippen LogP contribution is -2.02. The van der Waals surface area contributed by atoms with E-state index in [9.17, 15) is 5.11 Å². The monoisotopic (exact) mass is 330 g/mol. The summed E-state index contributed by atoms with van der Waals surface area (Å²) in [5.74, 6) is 0. The Morgan fingerprint density at radius 2 is 1.88 bits per heavy atom. The first kappa shape index (κ1) is 13.1. The van der Waals surface area contributed by atoms with Crippen molar-refractivity contribution < 1.29 is 5.11 Å². The molecule has 0 amide bonds. The lowest BCUT2D eigenvalue weighted by molar-refractivity contribution is 0.222. The van der Waals surface area contributed by atoms with Gasteiger partial charge in [-0.05, 0) is 52.5 Å². The normalized spacial score (nSPS) is 12.8. The Labute approximate surface area is 118 Å². The standard InChI is InChI=1S/C13H12BrClOS/c1-7-4-3-5-8(2)11(7)12(16)10-6-9(15)13(14)17-10/h3-6,12,16H,1-2H3. The van der Waals surface area contributed by atoms with Crippen LogP contribution in [-0.4, -0.2) is 5.11 Å². The van der Waals surface area contributed by atoms with Crippen molar-refractivity contribution in [1.29, 1.82) is 0 Å². The highest BCUT2D eigenvalue weighted by atomic mass is 79.9. The lowest BCUT2D eigenvalue weighted by Gasteiger charge is -2.15. The molecule has 1 aromatic carbocycles. The van der Waals surface area contributed by atoms with Crippen LogP contribution >= 0.6 is 38.9 Å². The molecule has 0 aliphatic carbocycles. The van der Waals surface area contributed by atoms with Gasteiger partial charge >= 0.3 is 0 Å². The first-order valence-corrected chi connectivity index (χ1v) is 7.18. The van der Waals surface area contributed by atoms with Crippen LogP contribution in [0.2, 0.25) is 5.02 Å². The van der Waals surface area contributed by atoms with E-state index in [4.69, 9.17) is 11.6 Å². The molecular formula is C13H12BrClOS. The highest BCUT2D eigenvalue weighted by Gasteiger charge is 2.18. The molecule has 2 aromatic rings. The molecule has 90 valence electrons. The average Bonchev–Trinajstić information content (AvgIpc) is 2.59. The van der Waals surface area contributed by atoms with Crippen LogP contribution in [-0.2, 0) is 0 Å². The van der Waals surface area contributed by atoms with Crippen LogP contribution in [0.3, 0.4) is 0 Å². The van der Waals surface area contributed by atoms with Crippen molar-refractivity contribution in [2.45, 2.75) is 20.0 Å². The number of benzene rings is 1. The summed E-state index contributed by atoms with van der Waals surface area (Å²) in [6.07, 6.45) is -0.606. The summed E-state index contributed by atoms with van der Waals surface area (Å²) >= 11 is 10.8. The molecule has 0 radical (unpaired) electrons. The Morgan fingerprint density at radius 1 is 1.29 bits per heavy atom. The Hall–Kier alpha value is -0.350. The minimum atomic E-state index is -0.606. The second kappa shape index (κ2) is 5.11. The second-order valence-electron chi connectivity index (χ2n) is 3.98. The first-order valence-electron chi connectivity index (χ1n) is 5.19. The number of thiophene rings is 1. The van der Waals surface area contributed by atoms with Crippen LogP contribution in [0, 0.1) is 13.8 Å². The maximum atomic E-state index is 10.4. The van der Waals surface area contributed by atoms with Crippen LogP contribution in [0.15, 0.2) is 28.1 Å². The van der Waals surface area contributed by atoms with Gasteiger partial charge in [-0.3, -0.25) is 0 Å². The topological polar surface area (TPSA) is 20.2 Å². The molecular weight excluding hydrogens is 320 g/mol. The fraction of sp³-hybridized carbons (Fsp3) is 0.231. The Morgan fingerprint density at radius 3 is 2.35 bits per heavy atom. The minimum Gasteiger partial charge on any atom is -0.383 e. The van der Waals surface area contributed by atoms with E-state index in [1.54, 1.807) is 0 Å². The molecule has 1 nitrogen and oxygen atoms in total. The number of rotatable bonds is 2. The number of aliphatic hydroxyl groups is 1. The van der Waals surface area contributed by atoms with E-state index < -0.39 is 6.10 Å². The van der Waals surface area contributed by atoms with Gasteiger partial charge < -0.3 is 5.11 Å². The molecule has 2 rings (SSSR count). The van der Waals surface area contributed by atoms with Crippen LogP contribution in [0.4, 0.5) is 0 Å². The SMILES string of the molecule is Cc1cccc(C)c1C(O)c1cc(Cl)c(Br)s1. The average molecular weight is 332 g/mol. The third kappa shape index (κ3) is 2.58. The largest absolute Gasteiger partial charge is 0.383 e. The summed E-state index contributed by atoms with van der Waals surface area (Å²) < 4.78 is 0.861. The van der Waals surface area contributed by atoms with E-state index in [0.29, 0.717) is 5.02 Å². The maximum Gasteiger partial charge on any atom is 0.114 e. The van der Waals surface area contributed by atoms with E-state index in [2.05, 4.69) is 15.9 Å². The molecule has 1 N–H and O–H groups in total. The van der Waals surface area contributed by atoms with Gasteiger partial charge in [-0.15, -0.1) is 11.3 Å². The predicted octanol–water partition coefficient (Wildman–Crippen LogP) is 4.86. The smallest absolute Gasteiger partial charge is 0.114 e. The molecule has 0 bridgehead atoms. The van der Waals surface area contributed by atoms with Gasteiger partial charge in [-0.25, -0.2) is 0 Å². The molecule has 1 aromatic heterocycles. The number of hydrogen-bond acceptors (Lipinski definition) is 2. The van der Waals surface area contributed by atoms with Gasteiger partial charge in [0.2, 0.25) is 0 Å². The van der Waals surface area contributed by atoms with E-state index in [0.717, 1.165) is 25.4 Å².